The summed E-state index contributed by atoms with van der Waals surface area (Å²) in [5, 5.41) is 0. The van der Waals surface area contributed by atoms with E-state index in [1.54, 1.807) is 11.1 Å². The molecular formula is C22H28K-. The van der Waals surface area contributed by atoms with Crippen molar-refractivity contribution in [3.8, 4) is 0 Å². The van der Waals surface area contributed by atoms with E-state index in [1.807, 2.05) is 25.2 Å². The molecule has 1 atom stereocenters. The van der Waals surface area contributed by atoms with Gasteiger partial charge in [0.05, 0.1) is 0 Å². The molecule has 23 heavy (non-hydrogen) atoms. The smallest absolute Gasteiger partial charge is 0.344 e. The Kier molecular flexibility index (Phi) is 13.0. The Morgan fingerprint density at radius 2 is 1.91 bits per heavy atom. The summed E-state index contributed by atoms with van der Waals surface area (Å²) in [6.07, 6.45) is 13.2. The van der Waals surface area contributed by atoms with Crippen LogP contribution in [0.25, 0.3) is 0 Å². The van der Waals surface area contributed by atoms with E-state index in [2.05, 4.69) is 57.3 Å². The molecule has 0 bridgehead atoms. The van der Waals surface area contributed by atoms with Crippen molar-refractivity contribution in [2.45, 2.75) is 45.4 Å². The minimum absolute atomic E-state index is 0. The number of benzene rings is 1. The molecule has 0 saturated heterocycles. The van der Waals surface area contributed by atoms with Gasteiger partial charge in [0.2, 0.25) is 0 Å². The van der Waals surface area contributed by atoms with Gasteiger partial charge in [-0.15, -0.1) is 31.2 Å². The summed E-state index contributed by atoms with van der Waals surface area (Å²) in [5.74, 6) is 0.802. The Morgan fingerprint density at radius 3 is 2.43 bits per heavy atom. The van der Waals surface area contributed by atoms with Gasteiger partial charge in [0.1, 0.15) is 0 Å². The SMILES string of the molecule is C=CC1=C(C=C)C[C-]=C1.CC1CCc2ccccc21.[CH2-]CC.[K+]. The molecule has 2 aliphatic carbocycles. The quantitative estimate of drug-likeness (QED) is 0.576. The largest absolute Gasteiger partial charge is 1.00 e. The molecular weight excluding hydrogens is 303 g/mol. The van der Waals surface area contributed by atoms with Crippen LogP contribution in [0.5, 0.6) is 0 Å². The maximum Gasteiger partial charge on any atom is 1.00 e. The summed E-state index contributed by atoms with van der Waals surface area (Å²) in [7, 11) is 0. The van der Waals surface area contributed by atoms with E-state index in [-0.39, 0.29) is 51.4 Å². The van der Waals surface area contributed by atoms with E-state index < -0.39 is 0 Å². The van der Waals surface area contributed by atoms with Gasteiger partial charge in [0, 0.05) is 0 Å². The molecule has 1 unspecified atom stereocenters. The zero-order valence-electron chi connectivity index (χ0n) is 15.1. The minimum Gasteiger partial charge on any atom is -0.344 e. The van der Waals surface area contributed by atoms with Crippen LogP contribution in [0.4, 0.5) is 0 Å². The third-order valence-electron chi connectivity index (χ3n) is 3.82. The third kappa shape index (κ3) is 7.49. The molecule has 0 spiro atoms. The molecule has 0 amide bonds. The van der Waals surface area contributed by atoms with Crippen LogP contribution in [0.1, 0.15) is 50.2 Å². The van der Waals surface area contributed by atoms with E-state index in [9.17, 15) is 0 Å². The van der Waals surface area contributed by atoms with Gasteiger partial charge in [-0.3, -0.25) is 6.08 Å². The molecule has 0 N–H and O–H groups in total. The van der Waals surface area contributed by atoms with Gasteiger partial charge < -0.3 is 6.92 Å². The molecule has 2 aliphatic rings. The minimum atomic E-state index is 0. The molecule has 1 aromatic carbocycles. The first-order valence-electron chi connectivity index (χ1n) is 8.09. The summed E-state index contributed by atoms with van der Waals surface area (Å²) in [6, 6.07) is 8.78. The van der Waals surface area contributed by atoms with Crippen molar-refractivity contribution < 1.29 is 51.4 Å². The van der Waals surface area contributed by atoms with Crippen LogP contribution in [0.3, 0.4) is 0 Å². The zero-order chi connectivity index (χ0) is 16.4. The molecule has 118 valence electrons. The second-order valence-corrected chi connectivity index (χ2v) is 5.55. The van der Waals surface area contributed by atoms with E-state index in [1.165, 1.54) is 18.4 Å². The standard InChI is InChI=1S/C10H12.C9H9.C3H7.K/c1-8-6-7-9-4-2-3-5-10(8)9;1-3-8-6-5-7-9(8)4-2;1-3-2;/h2-5,8H,6-7H2,1H3;3-4,6H,1-2,7H2;1,3H2,2H3;/q;2*-1;+1. The Balaban J connectivity index is 0.000000350. The predicted octanol–water partition coefficient (Wildman–Crippen LogP) is 3.39. The van der Waals surface area contributed by atoms with Gasteiger partial charge in [-0.25, -0.2) is 6.08 Å². The number of allylic oxidation sites excluding steroid dienone is 6. The van der Waals surface area contributed by atoms with Crippen LogP contribution in [-0.4, -0.2) is 0 Å². The Bertz CT molecular complexity index is 549. The van der Waals surface area contributed by atoms with E-state index in [0.29, 0.717) is 0 Å². The average Bonchev–Trinajstić information content (AvgIpc) is 3.15. The van der Waals surface area contributed by atoms with Crippen molar-refractivity contribution in [2.75, 3.05) is 0 Å². The molecule has 0 heterocycles. The van der Waals surface area contributed by atoms with Crippen LogP contribution >= 0.6 is 0 Å². The van der Waals surface area contributed by atoms with Crippen LogP contribution in [-0.2, 0) is 6.42 Å². The second kappa shape index (κ2) is 13.1. The van der Waals surface area contributed by atoms with Crippen molar-refractivity contribution >= 4 is 0 Å². The number of hydrogen-bond acceptors (Lipinski definition) is 0. The summed E-state index contributed by atoms with van der Waals surface area (Å²) in [4.78, 5) is 0. The maximum absolute atomic E-state index is 3.68. The Hall–Kier alpha value is -0.184. The van der Waals surface area contributed by atoms with E-state index in [4.69, 9.17) is 0 Å². The van der Waals surface area contributed by atoms with Gasteiger partial charge in [-0.05, 0) is 29.9 Å². The van der Waals surface area contributed by atoms with Gasteiger partial charge in [-0.1, -0.05) is 44.2 Å². The first-order chi connectivity index (χ1) is 10.7. The maximum atomic E-state index is 3.68. The molecule has 0 aromatic heterocycles. The van der Waals surface area contributed by atoms with Crippen molar-refractivity contribution in [3.63, 3.8) is 0 Å². The molecule has 3 rings (SSSR count). The molecule has 0 aliphatic heterocycles. The van der Waals surface area contributed by atoms with Crippen molar-refractivity contribution in [2.24, 2.45) is 0 Å². The number of aryl methyl sites for hydroxylation is 1. The second-order valence-electron chi connectivity index (χ2n) is 5.55. The van der Waals surface area contributed by atoms with E-state index in [0.717, 1.165) is 24.3 Å². The van der Waals surface area contributed by atoms with Gasteiger partial charge in [0.15, 0.2) is 0 Å². The summed E-state index contributed by atoms with van der Waals surface area (Å²) < 4.78 is 0. The fraction of sp³-hybridized carbons (Fsp3) is 0.318. The average molecular weight is 332 g/mol. The zero-order valence-corrected chi connectivity index (χ0v) is 18.2. The molecule has 1 heteroatoms. The van der Waals surface area contributed by atoms with Crippen molar-refractivity contribution in [1.29, 1.82) is 0 Å². The molecule has 1 aromatic rings. The first-order valence-corrected chi connectivity index (χ1v) is 8.09. The van der Waals surface area contributed by atoms with Crippen LogP contribution in [0.2, 0.25) is 0 Å². The number of fused-ring (bicyclic) bond motifs is 1. The van der Waals surface area contributed by atoms with Crippen molar-refractivity contribution in [3.05, 3.63) is 90.9 Å². The summed E-state index contributed by atoms with van der Waals surface area (Å²) in [6.45, 7) is 15.2. The Labute approximate surface area is 185 Å². The number of hydrogen-bond donors (Lipinski definition) is 0. The van der Waals surface area contributed by atoms with Gasteiger partial charge in [-0.2, -0.15) is 12.0 Å². The van der Waals surface area contributed by atoms with Gasteiger partial charge in [0.25, 0.3) is 0 Å². The molecule has 0 nitrogen and oxygen atoms in total. The monoisotopic (exact) mass is 331 g/mol. The van der Waals surface area contributed by atoms with Crippen LogP contribution in [0.15, 0.2) is 66.8 Å². The summed E-state index contributed by atoms with van der Waals surface area (Å²) in [5.41, 5.74) is 5.52. The Morgan fingerprint density at radius 1 is 1.26 bits per heavy atom. The fourth-order valence-electron chi connectivity index (χ4n) is 2.62. The normalized spacial score (nSPS) is 17.1. The van der Waals surface area contributed by atoms with E-state index >= 15 is 0 Å². The third-order valence-corrected chi connectivity index (χ3v) is 3.82. The summed E-state index contributed by atoms with van der Waals surface area (Å²) >= 11 is 0. The fourth-order valence-corrected chi connectivity index (χ4v) is 2.62. The molecule has 0 radical (unpaired) electrons. The molecule has 0 fully saturated rings. The van der Waals surface area contributed by atoms with Crippen molar-refractivity contribution in [1.82, 2.24) is 0 Å². The van der Waals surface area contributed by atoms with Crippen LogP contribution in [0, 0.1) is 13.0 Å². The van der Waals surface area contributed by atoms with Gasteiger partial charge >= 0.3 is 51.4 Å². The van der Waals surface area contributed by atoms with Crippen LogP contribution < -0.4 is 51.4 Å². The predicted molar refractivity (Wildman–Crippen MR) is 98.7 cm³/mol. The topological polar surface area (TPSA) is 0 Å². The number of rotatable bonds is 2. The molecule has 0 saturated carbocycles. The first kappa shape index (κ1) is 22.8.